The molecule has 19 heavy (non-hydrogen) atoms. The van der Waals surface area contributed by atoms with Gasteiger partial charge in [-0.2, -0.15) is 0 Å². The fourth-order valence-corrected chi connectivity index (χ4v) is 2.37. The van der Waals surface area contributed by atoms with Gasteiger partial charge in [0.05, 0.1) is 0 Å². The number of hydrogen-bond donors (Lipinski definition) is 0. The van der Waals surface area contributed by atoms with E-state index in [1.54, 1.807) is 5.92 Å². The molecule has 0 atom stereocenters. The fraction of sp³-hybridized carbons (Fsp3) is 0.842. The summed E-state index contributed by atoms with van der Waals surface area (Å²) in [6.07, 6.45) is 22.8. The van der Waals surface area contributed by atoms with Crippen molar-refractivity contribution in [1.82, 2.24) is 0 Å². The van der Waals surface area contributed by atoms with Crippen molar-refractivity contribution >= 4 is 0 Å². The second-order valence-corrected chi connectivity index (χ2v) is 6.19. The summed E-state index contributed by atoms with van der Waals surface area (Å²) in [6.45, 7) is 6.76. The molecule has 0 aliphatic heterocycles. The first-order valence-electron chi connectivity index (χ1n) is 8.71. The lowest BCUT2D eigenvalue weighted by Gasteiger charge is -2.03. The van der Waals surface area contributed by atoms with Crippen LogP contribution >= 0.6 is 0 Å². The maximum absolute atomic E-state index is 2.40. The average Bonchev–Trinajstić information content (AvgIpc) is 2.39. The minimum absolute atomic E-state index is 1.30. The van der Waals surface area contributed by atoms with Crippen LogP contribution in [0.2, 0.25) is 0 Å². The van der Waals surface area contributed by atoms with Crippen LogP contribution in [0, 0.1) is 5.92 Å². The molecule has 1 radical (unpaired) electrons. The van der Waals surface area contributed by atoms with Gasteiger partial charge in [-0.15, -0.1) is 0 Å². The monoisotopic (exact) mass is 265 g/mol. The summed E-state index contributed by atoms with van der Waals surface area (Å²) in [5.74, 6) is 1.59. The van der Waals surface area contributed by atoms with Gasteiger partial charge < -0.3 is 0 Å². The zero-order chi connectivity index (χ0) is 14.2. The topological polar surface area (TPSA) is 0 Å². The van der Waals surface area contributed by atoms with Crippen LogP contribution in [0.1, 0.15) is 104 Å². The average molecular weight is 266 g/mol. The molecule has 0 aromatic rings. The van der Waals surface area contributed by atoms with E-state index >= 15 is 0 Å². The SMILES string of the molecule is CCCCCC/C=C/CCCCCCCC[C](C)C. The molecule has 0 nitrogen and oxygen atoms in total. The summed E-state index contributed by atoms with van der Waals surface area (Å²) >= 11 is 0. The van der Waals surface area contributed by atoms with E-state index in [-0.39, 0.29) is 0 Å². The molecule has 0 saturated heterocycles. The van der Waals surface area contributed by atoms with Crippen molar-refractivity contribution in [3.63, 3.8) is 0 Å². The van der Waals surface area contributed by atoms with Crippen molar-refractivity contribution in [1.29, 1.82) is 0 Å². The molecule has 0 heterocycles. The van der Waals surface area contributed by atoms with E-state index < -0.39 is 0 Å². The molecule has 0 aliphatic carbocycles. The molecule has 0 saturated carbocycles. The Bertz CT molecular complexity index is 178. The lowest BCUT2D eigenvalue weighted by Crippen LogP contribution is -1.85. The predicted molar refractivity (Wildman–Crippen MR) is 89.4 cm³/mol. The lowest BCUT2D eigenvalue weighted by atomic mass is 10.0. The highest BCUT2D eigenvalue weighted by molar-refractivity contribution is 4.81. The number of unbranched alkanes of at least 4 members (excludes halogenated alkanes) is 10. The summed E-state index contributed by atoms with van der Waals surface area (Å²) in [4.78, 5) is 0. The molecule has 0 unspecified atom stereocenters. The second-order valence-electron chi connectivity index (χ2n) is 6.19. The molecule has 0 spiro atoms. The third kappa shape index (κ3) is 17.7. The van der Waals surface area contributed by atoms with Crippen LogP contribution in [-0.2, 0) is 0 Å². The van der Waals surface area contributed by atoms with Gasteiger partial charge in [0.25, 0.3) is 0 Å². The fourth-order valence-electron chi connectivity index (χ4n) is 2.37. The second kappa shape index (κ2) is 15.8. The van der Waals surface area contributed by atoms with Gasteiger partial charge in [-0.25, -0.2) is 0 Å². The van der Waals surface area contributed by atoms with Crippen molar-refractivity contribution in [2.45, 2.75) is 104 Å². The van der Waals surface area contributed by atoms with Gasteiger partial charge in [-0.3, -0.25) is 0 Å². The zero-order valence-corrected chi connectivity index (χ0v) is 13.8. The molecule has 0 aromatic heterocycles. The number of allylic oxidation sites excluding steroid dienone is 2. The summed E-state index contributed by atoms with van der Waals surface area (Å²) in [5, 5.41) is 0. The van der Waals surface area contributed by atoms with E-state index in [1.165, 1.54) is 83.5 Å². The van der Waals surface area contributed by atoms with Crippen LogP contribution in [0.5, 0.6) is 0 Å². The Morgan fingerprint density at radius 2 is 1.11 bits per heavy atom. The van der Waals surface area contributed by atoms with Gasteiger partial charge in [-0.05, 0) is 38.0 Å². The van der Waals surface area contributed by atoms with Crippen LogP contribution in [0.15, 0.2) is 12.2 Å². The van der Waals surface area contributed by atoms with Gasteiger partial charge in [0.1, 0.15) is 0 Å². The Labute approximate surface area is 123 Å². The lowest BCUT2D eigenvalue weighted by molar-refractivity contribution is 0.585. The van der Waals surface area contributed by atoms with Crippen LogP contribution in [0.25, 0.3) is 0 Å². The Kier molecular flexibility index (Phi) is 15.6. The highest BCUT2D eigenvalue weighted by Crippen LogP contribution is 2.13. The van der Waals surface area contributed by atoms with Crippen LogP contribution in [-0.4, -0.2) is 0 Å². The Hall–Kier alpha value is -0.260. The van der Waals surface area contributed by atoms with Gasteiger partial charge in [0.15, 0.2) is 0 Å². The number of rotatable bonds is 14. The maximum atomic E-state index is 2.40. The summed E-state index contributed by atoms with van der Waals surface area (Å²) in [7, 11) is 0. The van der Waals surface area contributed by atoms with E-state index in [0.29, 0.717) is 0 Å². The highest BCUT2D eigenvalue weighted by Gasteiger charge is 1.94. The van der Waals surface area contributed by atoms with Crippen LogP contribution in [0.4, 0.5) is 0 Å². The maximum Gasteiger partial charge on any atom is -0.0303 e. The highest BCUT2D eigenvalue weighted by atomic mass is 14.0. The summed E-state index contributed by atoms with van der Waals surface area (Å²) in [5.41, 5.74) is 0. The predicted octanol–water partition coefficient (Wildman–Crippen LogP) is 7.25. The van der Waals surface area contributed by atoms with E-state index in [1.807, 2.05) is 0 Å². The first-order valence-corrected chi connectivity index (χ1v) is 8.71. The third-order valence-electron chi connectivity index (χ3n) is 3.69. The van der Waals surface area contributed by atoms with Gasteiger partial charge in [0.2, 0.25) is 0 Å². The van der Waals surface area contributed by atoms with Crippen LogP contribution < -0.4 is 0 Å². The van der Waals surface area contributed by atoms with Crippen molar-refractivity contribution in [2.75, 3.05) is 0 Å². The normalized spacial score (nSPS) is 11.8. The molecule has 0 rings (SSSR count). The van der Waals surface area contributed by atoms with Crippen molar-refractivity contribution < 1.29 is 0 Å². The molecular formula is C19H37. The largest absolute Gasteiger partial charge is 0.0885 e. The molecule has 0 amide bonds. The van der Waals surface area contributed by atoms with E-state index in [4.69, 9.17) is 0 Å². The third-order valence-corrected chi connectivity index (χ3v) is 3.69. The van der Waals surface area contributed by atoms with Crippen molar-refractivity contribution in [3.8, 4) is 0 Å². The molecule has 0 aliphatic rings. The van der Waals surface area contributed by atoms with Gasteiger partial charge in [0, 0.05) is 0 Å². The molecule has 0 heteroatoms. The van der Waals surface area contributed by atoms with E-state index in [2.05, 4.69) is 32.9 Å². The minimum atomic E-state index is 1.30. The smallest absolute Gasteiger partial charge is 0.0303 e. The summed E-state index contributed by atoms with van der Waals surface area (Å²) in [6, 6.07) is 0. The molecule has 0 aromatic carbocycles. The molecule has 0 bridgehead atoms. The molecular weight excluding hydrogens is 228 g/mol. The van der Waals surface area contributed by atoms with Gasteiger partial charge >= 0.3 is 0 Å². The van der Waals surface area contributed by atoms with Crippen LogP contribution in [0.3, 0.4) is 0 Å². The van der Waals surface area contributed by atoms with Crippen molar-refractivity contribution in [2.24, 2.45) is 0 Å². The van der Waals surface area contributed by atoms with E-state index in [0.717, 1.165) is 0 Å². The Morgan fingerprint density at radius 1 is 0.632 bits per heavy atom. The first-order chi connectivity index (χ1) is 9.27. The quantitative estimate of drug-likeness (QED) is 0.229. The number of hydrogen-bond acceptors (Lipinski definition) is 0. The summed E-state index contributed by atoms with van der Waals surface area (Å²) < 4.78 is 0. The molecule has 113 valence electrons. The van der Waals surface area contributed by atoms with Crippen molar-refractivity contribution in [3.05, 3.63) is 18.1 Å². The molecule has 0 N–H and O–H groups in total. The molecule has 0 fully saturated rings. The Balaban J connectivity index is 3.03. The Morgan fingerprint density at radius 3 is 1.63 bits per heavy atom. The minimum Gasteiger partial charge on any atom is -0.0885 e. The first kappa shape index (κ1) is 18.7. The standard InChI is InChI=1S/C19H37/c1-4-5-6-7-8-9-10-11-12-13-14-15-16-17-18-19(2)3/h9-10H,4-8,11-18H2,1-3H3/b10-9+. The van der Waals surface area contributed by atoms with E-state index in [9.17, 15) is 0 Å². The van der Waals surface area contributed by atoms with Gasteiger partial charge in [-0.1, -0.05) is 84.3 Å². The zero-order valence-electron chi connectivity index (χ0n) is 13.8.